The van der Waals surface area contributed by atoms with Crippen LogP contribution in [0.25, 0.3) is 0 Å². The monoisotopic (exact) mass is 311 g/mol. The van der Waals surface area contributed by atoms with Crippen LogP contribution >= 0.6 is 11.6 Å². The molecule has 0 aliphatic heterocycles. The number of hydrogen-bond donors (Lipinski definition) is 2. The van der Waals surface area contributed by atoms with E-state index in [1.807, 2.05) is 13.1 Å². The SMILES string of the molecule is CN(Cc1ccc(O)c(Cl)c1)C1(CC(=O)O)CCCCC1. The van der Waals surface area contributed by atoms with Gasteiger partial charge in [0.2, 0.25) is 0 Å². The zero-order valence-corrected chi connectivity index (χ0v) is 13.1. The van der Waals surface area contributed by atoms with E-state index in [-0.39, 0.29) is 17.7 Å². The summed E-state index contributed by atoms with van der Waals surface area (Å²) in [5, 5.41) is 19.0. The van der Waals surface area contributed by atoms with Crippen LogP contribution in [-0.2, 0) is 11.3 Å². The molecule has 0 heterocycles. The third-order valence-electron chi connectivity index (χ3n) is 4.51. The fourth-order valence-corrected chi connectivity index (χ4v) is 3.48. The van der Waals surface area contributed by atoms with Gasteiger partial charge in [0.1, 0.15) is 5.75 Å². The number of carbonyl (C=O) groups is 1. The van der Waals surface area contributed by atoms with Crippen molar-refractivity contribution < 1.29 is 15.0 Å². The molecule has 0 bridgehead atoms. The summed E-state index contributed by atoms with van der Waals surface area (Å²) in [6, 6.07) is 5.15. The first-order valence-electron chi connectivity index (χ1n) is 7.33. The number of phenols is 1. The van der Waals surface area contributed by atoms with Crippen LogP contribution in [0.3, 0.4) is 0 Å². The molecule has 0 saturated heterocycles. The molecular formula is C16H22ClNO3. The van der Waals surface area contributed by atoms with E-state index in [1.165, 1.54) is 6.42 Å². The molecule has 1 aliphatic carbocycles. The molecule has 1 saturated carbocycles. The second kappa shape index (κ2) is 6.67. The quantitative estimate of drug-likeness (QED) is 0.871. The van der Waals surface area contributed by atoms with Gasteiger partial charge in [0.25, 0.3) is 0 Å². The summed E-state index contributed by atoms with van der Waals surface area (Å²) in [6.45, 7) is 0.632. The van der Waals surface area contributed by atoms with Crippen LogP contribution in [0.4, 0.5) is 0 Å². The Bertz CT molecular complexity index is 512. The van der Waals surface area contributed by atoms with Crippen molar-refractivity contribution >= 4 is 17.6 Å². The Labute approximate surface area is 130 Å². The third-order valence-corrected chi connectivity index (χ3v) is 4.81. The van der Waals surface area contributed by atoms with Crippen molar-refractivity contribution in [1.82, 2.24) is 4.90 Å². The van der Waals surface area contributed by atoms with Crippen LogP contribution in [0.5, 0.6) is 5.75 Å². The highest BCUT2D eigenvalue weighted by atomic mass is 35.5. The Morgan fingerprint density at radius 1 is 1.33 bits per heavy atom. The van der Waals surface area contributed by atoms with Crippen LogP contribution in [0.15, 0.2) is 18.2 Å². The number of carboxylic acids is 1. The molecule has 4 nitrogen and oxygen atoms in total. The summed E-state index contributed by atoms with van der Waals surface area (Å²) in [7, 11) is 1.98. The average Bonchev–Trinajstić information content (AvgIpc) is 2.43. The van der Waals surface area contributed by atoms with E-state index in [2.05, 4.69) is 4.90 Å². The smallest absolute Gasteiger partial charge is 0.305 e. The van der Waals surface area contributed by atoms with E-state index in [0.717, 1.165) is 31.2 Å². The van der Waals surface area contributed by atoms with Crippen molar-refractivity contribution in [1.29, 1.82) is 0 Å². The Morgan fingerprint density at radius 2 is 2.00 bits per heavy atom. The molecule has 2 rings (SSSR count). The predicted octanol–water partition coefficient (Wildman–Crippen LogP) is 3.66. The number of halogens is 1. The lowest BCUT2D eigenvalue weighted by molar-refractivity contribution is -0.141. The first kappa shape index (κ1) is 16.1. The zero-order valence-electron chi connectivity index (χ0n) is 12.3. The molecule has 1 fully saturated rings. The van der Waals surface area contributed by atoms with Gasteiger partial charge in [0, 0.05) is 12.1 Å². The molecule has 1 aliphatic rings. The van der Waals surface area contributed by atoms with Gasteiger partial charge in [-0.3, -0.25) is 9.69 Å². The third kappa shape index (κ3) is 3.89. The first-order valence-corrected chi connectivity index (χ1v) is 7.71. The lowest BCUT2D eigenvalue weighted by Crippen LogP contribution is -2.49. The fraction of sp³-hybridized carbons (Fsp3) is 0.562. The van der Waals surface area contributed by atoms with E-state index in [1.54, 1.807) is 12.1 Å². The first-order chi connectivity index (χ1) is 9.93. The van der Waals surface area contributed by atoms with Gasteiger partial charge in [-0.25, -0.2) is 0 Å². The molecule has 0 atom stereocenters. The number of hydrogen-bond acceptors (Lipinski definition) is 3. The molecule has 5 heteroatoms. The number of aromatic hydroxyl groups is 1. The van der Waals surface area contributed by atoms with Crippen LogP contribution < -0.4 is 0 Å². The van der Waals surface area contributed by atoms with Crippen molar-refractivity contribution in [3.63, 3.8) is 0 Å². The van der Waals surface area contributed by atoms with Gasteiger partial charge in [-0.15, -0.1) is 0 Å². The molecule has 0 unspecified atom stereocenters. The number of rotatable bonds is 5. The van der Waals surface area contributed by atoms with Gasteiger partial charge in [-0.05, 0) is 37.6 Å². The van der Waals surface area contributed by atoms with Gasteiger partial charge in [0.15, 0.2) is 0 Å². The van der Waals surface area contributed by atoms with Crippen molar-refractivity contribution in [2.24, 2.45) is 0 Å². The minimum absolute atomic E-state index is 0.0704. The second-order valence-corrected chi connectivity index (χ2v) is 6.40. The van der Waals surface area contributed by atoms with Crippen LogP contribution in [0.1, 0.15) is 44.1 Å². The van der Waals surface area contributed by atoms with Gasteiger partial charge in [0.05, 0.1) is 11.4 Å². The largest absolute Gasteiger partial charge is 0.506 e. The number of carboxylic acid groups (broad SMARTS) is 1. The molecule has 1 aromatic rings. The average molecular weight is 312 g/mol. The van der Waals surface area contributed by atoms with E-state index < -0.39 is 5.97 Å². The number of phenolic OH excluding ortho intramolecular Hbond substituents is 1. The summed E-state index contributed by atoms with van der Waals surface area (Å²) >= 11 is 5.94. The Kier molecular flexibility index (Phi) is 5.12. The molecule has 0 aromatic heterocycles. The molecule has 21 heavy (non-hydrogen) atoms. The second-order valence-electron chi connectivity index (χ2n) is 6.00. The van der Waals surface area contributed by atoms with E-state index in [0.29, 0.717) is 11.6 Å². The maximum Gasteiger partial charge on any atom is 0.305 e. The minimum atomic E-state index is -0.743. The summed E-state index contributed by atoms with van der Waals surface area (Å²) < 4.78 is 0. The molecular weight excluding hydrogens is 290 g/mol. The number of benzene rings is 1. The number of nitrogens with zero attached hydrogens (tertiary/aromatic N) is 1. The Hall–Kier alpha value is -1.26. The summed E-state index contributed by atoms with van der Waals surface area (Å²) in [5.74, 6) is -0.673. The normalized spacial score (nSPS) is 17.9. The van der Waals surface area contributed by atoms with Crippen molar-refractivity contribution in [2.45, 2.75) is 50.6 Å². The van der Waals surface area contributed by atoms with E-state index in [9.17, 15) is 15.0 Å². The maximum absolute atomic E-state index is 11.2. The fourth-order valence-electron chi connectivity index (χ4n) is 3.28. The van der Waals surface area contributed by atoms with E-state index >= 15 is 0 Å². The summed E-state index contributed by atoms with van der Waals surface area (Å²) in [5.41, 5.74) is 0.713. The molecule has 116 valence electrons. The van der Waals surface area contributed by atoms with Crippen molar-refractivity contribution in [2.75, 3.05) is 7.05 Å². The topological polar surface area (TPSA) is 60.8 Å². The Balaban J connectivity index is 2.15. The standard InChI is InChI=1S/C16H22ClNO3/c1-18(11-12-5-6-14(19)13(17)9-12)16(10-15(20)21)7-3-2-4-8-16/h5-6,9,19H,2-4,7-8,10-11H2,1H3,(H,20,21). The Morgan fingerprint density at radius 3 is 2.57 bits per heavy atom. The molecule has 1 aromatic carbocycles. The van der Waals surface area contributed by atoms with Crippen LogP contribution in [-0.4, -0.2) is 33.7 Å². The molecule has 0 radical (unpaired) electrons. The highest BCUT2D eigenvalue weighted by molar-refractivity contribution is 6.32. The summed E-state index contributed by atoms with van der Waals surface area (Å²) in [6.07, 6.45) is 5.35. The van der Waals surface area contributed by atoms with E-state index in [4.69, 9.17) is 11.6 Å². The highest BCUT2D eigenvalue weighted by Gasteiger charge is 2.38. The predicted molar refractivity (Wildman–Crippen MR) is 82.7 cm³/mol. The maximum atomic E-state index is 11.2. The van der Waals surface area contributed by atoms with Gasteiger partial charge < -0.3 is 10.2 Å². The lowest BCUT2D eigenvalue weighted by atomic mass is 9.78. The summed E-state index contributed by atoms with van der Waals surface area (Å²) in [4.78, 5) is 13.4. The number of aliphatic carboxylic acids is 1. The highest BCUT2D eigenvalue weighted by Crippen LogP contribution is 2.37. The minimum Gasteiger partial charge on any atom is -0.506 e. The zero-order chi connectivity index (χ0) is 15.5. The molecule has 2 N–H and O–H groups in total. The lowest BCUT2D eigenvalue weighted by Gasteiger charge is -2.44. The molecule has 0 amide bonds. The van der Waals surface area contributed by atoms with Crippen molar-refractivity contribution in [3.8, 4) is 5.75 Å². The van der Waals surface area contributed by atoms with Gasteiger partial charge in [-0.2, -0.15) is 0 Å². The van der Waals surface area contributed by atoms with Crippen LogP contribution in [0, 0.1) is 0 Å². The van der Waals surface area contributed by atoms with Gasteiger partial charge >= 0.3 is 5.97 Å². The van der Waals surface area contributed by atoms with Gasteiger partial charge in [-0.1, -0.05) is 36.9 Å². The van der Waals surface area contributed by atoms with Crippen molar-refractivity contribution in [3.05, 3.63) is 28.8 Å². The molecule has 0 spiro atoms. The van der Waals surface area contributed by atoms with Crippen LogP contribution in [0.2, 0.25) is 5.02 Å².